The lowest BCUT2D eigenvalue weighted by atomic mass is 9.72. The zero-order chi connectivity index (χ0) is 24.6. The SMILES string of the molecule is CC(C)(C)C1CCCCC1Sc1ccccc1.CC(C)(C)C1CCCCC1Sc1ccccn1. The number of pyridine rings is 1. The lowest BCUT2D eigenvalue weighted by Gasteiger charge is -2.40. The third-order valence-corrected chi connectivity index (χ3v) is 10.3. The molecule has 0 saturated heterocycles. The topological polar surface area (TPSA) is 12.9 Å². The summed E-state index contributed by atoms with van der Waals surface area (Å²) < 4.78 is 0. The van der Waals surface area contributed by atoms with Gasteiger partial charge < -0.3 is 0 Å². The Balaban J connectivity index is 0.000000191. The smallest absolute Gasteiger partial charge is 0.0962 e. The molecule has 34 heavy (non-hydrogen) atoms. The molecule has 4 unspecified atom stereocenters. The van der Waals surface area contributed by atoms with Gasteiger partial charge in [-0.15, -0.1) is 23.5 Å². The Bertz CT molecular complexity index is 751. The summed E-state index contributed by atoms with van der Waals surface area (Å²) in [6.45, 7) is 14.4. The number of hydrogen-bond donors (Lipinski definition) is 0. The van der Waals surface area contributed by atoms with Crippen LogP contribution in [0.15, 0.2) is 64.6 Å². The molecule has 2 aromatic rings. The number of thioether (sulfide) groups is 2. The Morgan fingerprint density at radius 2 is 1.12 bits per heavy atom. The third-order valence-electron chi connectivity index (χ3n) is 7.57. The van der Waals surface area contributed by atoms with E-state index in [1.54, 1.807) is 0 Å². The van der Waals surface area contributed by atoms with Crippen LogP contribution >= 0.6 is 23.5 Å². The first-order chi connectivity index (χ1) is 16.1. The lowest BCUT2D eigenvalue weighted by Crippen LogP contribution is -2.33. The zero-order valence-electron chi connectivity index (χ0n) is 22.4. The predicted molar refractivity (Wildman–Crippen MR) is 153 cm³/mol. The van der Waals surface area contributed by atoms with E-state index in [0.29, 0.717) is 10.8 Å². The highest BCUT2D eigenvalue weighted by atomic mass is 32.2. The van der Waals surface area contributed by atoms with Crippen LogP contribution in [0.5, 0.6) is 0 Å². The van der Waals surface area contributed by atoms with Gasteiger partial charge in [-0.25, -0.2) is 4.98 Å². The maximum Gasteiger partial charge on any atom is 0.0962 e. The van der Waals surface area contributed by atoms with Crippen LogP contribution in [0.25, 0.3) is 0 Å². The normalized spacial score (nSPS) is 25.8. The van der Waals surface area contributed by atoms with Crippen molar-refractivity contribution < 1.29 is 0 Å². The Morgan fingerprint density at radius 1 is 0.618 bits per heavy atom. The minimum atomic E-state index is 0.423. The van der Waals surface area contributed by atoms with Gasteiger partial charge in [0.2, 0.25) is 0 Å². The highest BCUT2D eigenvalue weighted by molar-refractivity contribution is 8.00. The molecule has 0 aliphatic heterocycles. The average molecular weight is 498 g/mol. The van der Waals surface area contributed by atoms with Crippen LogP contribution in [0.3, 0.4) is 0 Å². The minimum Gasteiger partial charge on any atom is -0.250 e. The van der Waals surface area contributed by atoms with E-state index in [4.69, 9.17) is 0 Å². The van der Waals surface area contributed by atoms with Gasteiger partial charge in [0.15, 0.2) is 0 Å². The van der Waals surface area contributed by atoms with Crippen LogP contribution in [0.1, 0.15) is 92.9 Å². The van der Waals surface area contributed by atoms with Crippen molar-refractivity contribution in [1.29, 1.82) is 0 Å². The second kappa shape index (κ2) is 12.9. The van der Waals surface area contributed by atoms with Gasteiger partial charge in [0.25, 0.3) is 0 Å². The molecule has 0 bridgehead atoms. The van der Waals surface area contributed by atoms with Crippen molar-refractivity contribution in [2.75, 3.05) is 0 Å². The zero-order valence-corrected chi connectivity index (χ0v) is 24.1. The summed E-state index contributed by atoms with van der Waals surface area (Å²) in [5.74, 6) is 1.68. The van der Waals surface area contributed by atoms with Crippen LogP contribution in [0.2, 0.25) is 0 Å². The Hall–Kier alpha value is -0.930. The summed E-state index contributed by atoms with van der Waals surface area (Å²) in [6, 6.07) is 17.1. The second-order valence-corrected chi connectivity index (χ2v) is 14.9. The highest BCUT2D eigenvalue weighted by Gasteiger charge is 2.35. The number of rotatable bonds is 4. The molecule has 0 amide bonds. The van der Waals surface area contributed by atoms with E-state index in [2.05, 4.69) is 101 Å². The van der Waals surface area contributed by atoms with Gasteiger partial charge in [-0.1, -0.05) is 91.5 Å². The molecule has 2 saturated carbocycles. The molecule has 4 atom stereocenters. The lowest BCUT2D eigenvalue weighted by molar-refractivity contribution is 0.187. The van der Waals surface area contributed by atoms with Gasteiger partial charge in [-0.2, -0.15) is 0 Å². The number of benzene rings is 1. The fourth-order valence-electron chi connectivity index (χ4n) is 5.70. The van der Waals surface area contributed by atoms with Crippen LogP contribution in [0, 0.1) is 22.7 Å². The van der Waals surface area contributed by atoms with Crippen molar-refractivity contribution in [3.05, 3.63) is 54.7 Å². The molecule has 188 valence electrons. The van der Waals surface area contributed by atoms with Crippen molar-refractivity contribution in [3.8, 4) is 0 Å². The van der Waals surface area contributed by atoms with Crippen molar-refractivity contribution in [2.45, 2.75) is 113 Å². The van der Waals surface area contributed by atoms with E-state index in [-0.39, 0.29) is 0 Å². The van der Waals surface area contributed by atoms with E-state index in [1.807, 2.05) is 24.0 Å². The molecule has 0 spiro atoms. The number of nitrogens with zero attached hydrogens (tertiary/aromatic N) is 1. The Morgan fingerprint density at radius 3 is 1.62 bits per heavy atom. The number of aromatic nitrogens is 1. The predicted octanol–water partition coefficient (Wildman–Crippen LogP) is 10.2. The molecule has 1 aromatic carbocycles. The molecule has 2 fully saturated rings. The van der Waals surface area contributed by atoms with Gasteiger partial charge in [0.05, 0.1) is 5.03 Å². The quantitative estimate of drug-likeness (QED) is 0.417. The van der Waals surface area contributed by atoms with Crippen molar-refractivity contribution in [2.24, 2.45) is 22.7 Å². The van der Waals surface area contributed by atoms with E-state index >= 15 is 0 Å². The minimum absolute atomic E-state index is 0.423. The molecule has 1 nitrogen and oxygen atoms in total. The standard InChI is InChI=1S/C16H24S.C15H23NS/c1-16(2,3)14-11-7-8-12-15(14)17-13-9-5-4-6-10-13;1-15(2,3)12-8-4-5-9-13(12)17-14-10-6-7-11-16-14/h4-6,9-10,14-15H,7-8,11-12H2,1-3H3;6-7,10-13H,4-5,8-9H2,1-3H3. The summed E-state index contributed by atoms with van der Waals surface area (Å²) >= 11 is 4.09. The number of hydrogen-bond acceptors (Lipinski definition) is 3. The van der Waals surface area contributed by atoms with Gasteiger partial charge in [0, 0.05) is 21.6 Å². The van der Waals surface area contributed by atoms with E-state index < -0.39 is 0 Å². The van der Waals surface area contributed by atoms with Gasteiger partial charge in [0.1, 0.15) is 0 Å². The van der Waals surface area contributed by atoms with E-state index in [9.17, 15) is 0 Å². The molecule has 0 N–H and O–H groups in total. The molecule has 2 aliphatic rings. The van der Waals surface area contributed by atoms with Crippen LogP contribution < -0.4 is 0 Å². The molecule has 4 rings (SSSR count). The second-order valence-electron chi connectivity index (χ2n) is 12.3. The largest absolute Gasteiger partial charge is 0.250 e. The fraction of sp³-hybridized carbons (Fsp3) is 0.645. The Labute approximate surface area is 218 Å². The molecule has 3 heteroatoms. The molecular formula is C31H47NS2. The molecule has 2 aliphatic carbocycles. The van der Waals surface area contributed by atoms with Crippen LogP contribution in [-0.4, -0.2) is 15.5 Å². The third kappa shape index (κ3) is 8.63. The van der Waals surface area contributed by atoms with Crippen molar-refractivity contribution >= 4 is 23.5 Å². The molecule has 1 aromatic heterocycles. The maximum absolute atomic E-state index is 4.45. The maximum atomic E-state index is 4.45. The fourth-order valence-corrected chi connectivity index (χ4v) is 8.94. The first-order valence-corrected chi connectivity index (χ1v) is 15.2. The molecular weight excluding hydrogens is 450 g/mol. The van der Waals surface area contributed by atoms with Gasteiger partial charge in [-0.05, 0) is 72.6 Å². The summed E-state index contributed by atoms with van der Waals surface area (Å²) in [5.41, 5.74) is 0.875. The summed E-state index contributed by atoms with van der Waals surface area (Å²) in [7, 11) is 0. The molecule has 1 heterocycles. The van der Waals surface area contributed by atoms with Crippen LogP contribution in [-0.2, 0) is 0 Å². The van der Waals surface area contributed by atoms with Crippen molar-refractivity contribution in [1.82, 2.24) is 4.98 Å². The average Bonchev–Trinajstić information content (AvgIpc) is 2.80. The van der Waals surface area contributed by atoms with Crippen LogP contribution in [0.4, 0.5) is 0 Å². The van der Waals surface area contributed by atoms with Gasteiger partial charge in [-0.3, -0.25) is 0 Å². The first-order valence-electron chi connectivity index (χ1n) is 13.4. The highest BCUT2D eigenvalue weighted by Crippen LogP contribution is 2.46. The van der Waals surface area contributed by atoms with E-state index in [0.717, 1.165) is 22.3 Å². The van der Waals surface area contributed by atoms with Crippen molar-refractivity contribution in [3.63, 3.8) is 0 Å². The summed E-state index contributed by atoms with van der Waals surface area (Å²) in [5, 5.41) is 2.75. The summed E-state index contributed by atoms with van der Waals surface area (Å²) in [4.78, 5) is 5.89. The Kier molecular flexibility index (Phi) is 10.5. The first kappa shape index (κ1) is 27.7. The summed E-state index contributed by atoms with van der Waals surface area (Å²) in [6.07, 6.45) is 13.1. The monoisotopic (exact) mass is 497 g/mol. The molecule has 0 radical (unpaired) electrons. The van der Waals surface area contributed by atoms with Gasteiger partial charge >= 0.3 is 0 Å². The van der Waals surface area contributed by atoms with E-state index in [1.165, 1.54) is 61.3 Å².